The molecule has 0 fully saturated rings. The molecule has 1 aromatic heterocycles. The molecule has 0 bridgehead atoms. The summed E-state index contributed by atoms with van der Waals surface area (Å²) < 4.78 is 5.91. The first-order valence-corrected chi connectivity index (χ1v) is 6.44. The summed E-state index contributed by atoms with van der Waals surface area (Å²) in [5.74, 6) is 0. The van der Waals surface area contributed by atoms with E-state index >= 15 is 0 Å². The molecule has 0 aliphatic rings. The standard InChI is InChI=1S/C17H18O/c1-17(2,3)11-12-7-6-10-15-16(12)13-8-4-5-9-14(13)18-15/h4-10H,11H2,1-3H3. The van der Waals surface area contributed by atoms with E-state index in [2.05, 4.69) is 51.1 Å². The van der Waals surface area contributed by atoms with Gasteiger partial charge >= 0.3 is 0 Å². The van der Waals surface area contributed by atoms with Crippen LogP contribution in [0.4, 0.5) is 0 Å². The zero-order valence-electron chi connectivity index (χ0n) is 11.2. The number of furan rings is 1. The second-order valence-corrected chi connectivity index (χ2v) is 6.13. The highest BCUT2D eigenvalue weighted by Crippen LogP contribution is 2.33. The van der Waals surface area contributed by atoms with Crippen LogP contribution in [0.2, 0.25) is 0 Å². The van der Waals surface area contributed by atoms with Crippen molar-refractivity contribution in [2.45, 2.75) is 27.2 Å². The van der Waals surface area contributed by atoms with Gasteiger partial charge in [-0.25, -0.2) is 0 Å². The quantitative estimate of drug-likeness (QED) is 0.569. The fraction of sp³-hybridized carbons (Fsp3) is 0.294. The zero-order chi connectivity index (χ0) is 12.8. The monoisotopic (exact) mass is 238 g/mol. The molecule has 3 rings (SSSR count). The minimum absolute atomic E-state index is 0.284. The number of para-hydroxylation sites is 1. The lowest BCUT2D eigenvalue weighted by molar-refractivity contribution is 0.412. The molecule has 1 heteroatoms. The van der Waals surface area contributed by atoms with Crippen LogP contribution < -0.4 is 0 Å². The smallest absolute Gasteiger partial charge is 0.135 e. The van der Waals surface area contributed by atoms with Gasteiger partial charge in [-0.3, -0.25) is 0 Å². The van der Waals surface area contributed by atoms with E-state index in [0.29, 0.717) is 0 Å². The highest BCUT2D eigenvalue weighted by Gasteiger charge is 2.16. The molecule has 0 unspecified atom stereocenters. The van der Waals surface area contributed by atoms with Crippen molar-refractivity contribution in [1.29, 1.82) is 0 Å². The minimum Gasteiger partial charge on any atom is -0.456 e. The molecule has 0 aliphatic heterocycles. The molecule has 2 aromatic carbocycles. The van der Waals surface area contributed by atoms with Gasteiger partial charge in [-0.1, -0.05) is 51.1 Å². The Labute approximate surface area is 107 Å². The average Bonchev–Trinajstić information content (AvgIpc) is 2.66. The highest BCUT2D eigenvalue weighted by atomic mass is 16.3. The first-order chi connectivity index (χ1) is 8.54. The van der Waals surface area contributed by atoms with Crippen molar-refractivity contribution in [2.75, 3.05) is 0 Å². The second-order valence-electron chi connectivity index (χ2n) is 6.13. The van der Waals surface area contributed by atoms with E-state index in [9.17, 15) is 0 Å². The third kappa shape index (κ3) is 1.90. The number of rotatable bonds is 1. The summed E-state index contributed by atoms with van der Waals surface area (Å²) >= 11 is 0. The van der Waals surface area contributed by atoms with Gasteiger partial charge in [0.15, 0.2) is 0 Å². The molecule has 0 amide bonds. The van der Waals surface area contributed by atoms with Gasteiger partial charge in [0, 0.05) is 10.8 Å². The van der Waals surface area contributed by atoms with E-state index in [1.54, 1.807) is 0 Å². The predicted octanol–water partition coefficient (Wildman–Crippen LogP) is 5.17. The Balaban J connectivity index is 2.31. The van der Waals surface area contributed by atoms with E-state index < -0.39 is 0 Å². The summed E-state index contributed by atoms with van der Waals surface area (Å²) in [5, 5.41) is 2.51. The van der Waals surface area contributed by atoms with Crippen molar-refractivity contribution in [2.24, 2.45) is 5.41 Å². The Hall–Kier alpha value is -1.76. The largest absolute Gasteiger partial charge is 0.456 e. The van der Waals surface area contributed by atoms with Crippen LogP contribution in [0.3, 0.4) is 0 Å². The summed E-state index contributed by atoms with van der Waals surface area (Å²) in [5.41, 5.74) is 3.64. The van der Waals surface area contributed by atoms with Gasteiger partial charge < -0.3 is 4.42 Å². The third-order valence-electron chi connectivity index (χ3n) is 3.21. The van der Waals surface area contributed by atoms with Gasteiger partial charge in [-0.15, -0.1) is 0 Å². The Morgan fingerprint density at radius 2 is 1.61 bits per heavy atom. The Kier molecular flexibility index (Phi) is 2.44. The molecule has 0 aliphatic carbocycles. The fourth-order valence-corrected chi connectivity index (χ4v) is 2.57. The summed E-state index contributed by atoms with van der Waals surface area (Å²) in [4.78, 5) is 0. The molecule has 0 spiro atoms. The number of fused-ring (bicyclic) bond motifs is 3. The van der Waals surface area contributed by atoms with Crippen molar-refractivity contribution >= 4 is 21.9 Å². The molecular weight excluding hydrogens is 220 g/mol. The SMILES string of the molecule is CC(C)(C)Cc1cccc2oc3ccccc3c12. The van der Waals surface area contributed by atoms with Crippen LogP contribution in [-0.2, 0) is 6.42 Å². The van der Waals surface area contributed by atoms with Crippen molar-refractivity contribution in [1.82, 2.24) is 0 Å². The van der Waals surface area contributed by atoms with Crippen molar-refractivity contribution in [3.63, 3.8) is 0 Å². The van der Waals surface area contributed by atoms with Crippen LogP contribution in [0.25, 0.3) is 21.9 Å². The van der Waals surface area contributed by atoms with Crippen molar-refractivity contribution in [3.05, 3.63) is 48.0 Å². The molecule has 0 saturated heterocycles. The van der Waals surface area contributed by atoms with E-state index in [1.807, 2.05) is 12.1 Å². The van der Waals surface area contributed by atoms with Crippen molar-refractivity contribution in [3.8, 4) is 0 Å². The minimum atomic E-state index is 0.284. The van der Waals surface area contributed by atoms with Gasteiger partial charge in [-0.2, -0.15) is 0 Å². The lowest BCUT2D eigenvalue weighted by atomic mass is 9.86. The van der Waals surface area contributed by atoms with Gasteiger partial charge in [0.1, 0.15) is 11.2 Å². The lowest BCUT2D eigenvalue weighted by Gasteiger charge is -2.18. The lowest BCUT2D eigenvalue weighted by Crippen LogP contribution is -2.09. The average molecular weight is 238 g/mol. The van der Waals surface area contributed by atoms with Gasteiger partial charge in [0.2, 0.25) is 0 Å². The van der Waals surface area contributed by atoms with Crippen LogP contribution in [0.1, 0.15) is 26.3 Å². The maximum Gasteiger partial charge on any atom is 0.135 e. The van der Waals surface area contributed by atoms with Crippen molar-refractivity contribution < 1.29 is 4.42 Å². The molecule has 0 saturated carbocycles. The summed E-state index contributed by atoms with van der Waals surface area (Å²) in [7, 11) is 0. The van der Waals surface area contributed by atoms with Crippen LogP contribution in [0.15, 0.2) is 46.9 Å². The third-order valence-corrected chi connectivity index (χ3v) is 3.21. The first kappa shape index (κ1) is 11.3. The van der Waals surface area contributed by atoms with E-state index in [0.717, 1.165) is 17.6 Å². The maximum absolute atomic E-state index is 5.91. The van der Waals surface area contributed by atoms with E-state index in [4.69, 9.17) is 4.42 Å². The molecule has 92 valence electrons. The van der Waals surface area contributed by atoms with Gasteiger partial charge in [-0.05, 0) is 29.5 Å². The number of hydrogen-bond acceptors (Lipinski definition) is 1. The molecule has 18 heavy (non-hydrogen) atoms. The molecule has 0 N–H and O–H groups in total. The van der Waals surface area contributed by atoms with Gasteiger partial charge in [0.05, 0.1) is 0 Å². The van der Waals surface area contributed by atoms with Crippen LogP contribution in [0.5, 0.6) is 0 Å². The molecule has 0 radical (unpaired) electrons. The fourth-order valence-electron chi connectivity index (χ4n) is 2.57. The molecule has 1 heterocycles. The number of benzene rings is 2. The summed E-state index contributed by atoms with van der Waals surface area (Å²) in [6, 6.07) is 14.6. The van der Waals surface area contributed by atoms with E-state index in [-0.39, 0.29) is 5.41 Å². The van der Waals surface area contributed by atoms with Crippen LogP contribution >= 0.6 is 0 Å². The Bertz CT molecular complexity index is 698. The molecule has 0 atom stereocenters. The van der Waals surface area contributed by atoms with Gasteiger partial charge in [0.25, 0.3) is 0 Å². The topological polar surface area (TPSA) is 13.1 Å². The normalized spacial score (nSPS) is 12.4. The summed E-state index contributed by atoms with van der Waals surface area (Å²) in [6.45, 7) is 6.82. The second kappa shape index (κ2) is 3.88. The molecule has 3 aromatic rings. The predicted molar refractivity (Wildman–Crippen MR) is 76.9 cm³/mol. The van der Waals surface area contributed by atoms with Crippen LogP contribution in [-0.4, -0.2) is 0 Å². The Morgan fingerprint density at radius 3 is 2.39 bits per heavy atom. The molecule has 1 nitrogen and oxygen atoms in total. The summed E-state index contributed by atoms with van der Waals surface area (Å²) in [6.07, 6.45) is 1.06. The van der Waals surface area contributed by atoms with E-state index in [1.165, 1.54) is 16.3 Å². The number of hydrogen-bond donors (Lipinski definition) is 0. The zero-order valence-corrected chi connectivity index (χ0v) is 11.2. The first-order valence-electron chi connectivity index (χ1n) is 6.44. The Morgan fingerprint density at radius 1 is 0.889 bits per heavy atom. The maximum atomic E-state index is 5.91. The molecular formula is C17H18O. The highest BCUT2D eigenvalue weighted by molar-refractivity contribution is 6.06. The van der Waals surface area contributed by atoms with Crippen LogP contribution in [0, 0.1) is 5.41 Å².